The first-order valence-electron chi connectivity index (χ1n) is 9.59. The van der Waals surface area contributed by atoms with Crippen molar-refractivity contribution in [2.45, 2.75) is 19.6 Å². The lowest BCUT2D eigenvalue weighted by atomic mass is 10.1. The Morgan fingerprint density at radius 2 is 1.53 bits per heavy atom. The first-order valence-corrected chi connectivity index (χ1v) is 9.59. The van der Waals surface area contributed by atoms with Gasteiger partial charge in [0.2, 0.25) is 0 Å². The lowest BCUT2D eigenvalue weighted by Gasteiger charge is -2.17. The van der Waals surface area contributed by atoms with Gasteiger partial charge in [-0.1, -0.05) is 48.5 Å². The molecule has 0 aromatic heterocycles. The highest BCUT2D eigenvalue weighted by Crippen LogP contribution is 2.29. The fourth-order valence-electron chi connectivity index (χ4n) is 3.26. The van der Waals surface area contributed by atoms with E-state index in [4.69, 9.17) is 4.74 Å². The third kappa shape index (κ3) is 3.86. The molecule has 1 atom stereocenters. The zero-order valence-electron chi connectivity index (χ0n) is 16.4. The molecule has 0 saturated carbocycles. The molecule has 0 fully saturated rings. The molecule has 6 nitrogen and oxygen atoms in total. The molecule has 6 heteroatoms. The van der Waals surface area contributed by atoms with Crippen molar-refractivity contribution in [3.63, 3.8) is 0 Å². The van der Waals surface area contributed by atoms with E-state index in [2.05, 4.69) is 5.32 Å². The predicted octanol–water partition coefficient (Wildman–Crippen LogP) is 4.03. The Labute approximate surface area is 174 Å². The number of hydrogen-bond donors (Lipinski definition) is 1. The van der Waals surface area contributed by atoms with Crippen LogP contribution in [0.2, 0.25) is 0 Å². The molecule has 3 aromatic rings. The number of nitrogens with one attached hydrogen (secondary N) is 1. The van der Waals surface area contributed by atoms with Gasteiger partial charge in [0, 0.05) is 5.69 Å². The lowest BCUT2D eigenvalue weighted by Crippen LogP contribution is -2.30. The number of imide groups is 1. The number of nitrogens with zero attached hydrogens (tertiary/aromatic N) is 1. The molecule has 1 unspecified atom stereocenters. The van der Waals surface area contributed by atoms with E-state index in [1.807, 2.05) is 30.3 Å². The Morgan fingerprint density at radius 1 is 0.900 bits per heavy atom. The van der Waals surface area contributed by atoms with Crippen LogP contribution in [-0.2, 0) is 16.1 Å². The summed E-state index contributed by atoms with van der Waals surface area (Å²) in [6.45, 7) is 2.00. The summed E-state index contributed by atoms with van der Waals surface area (Å²) in [5.74, 6) is -1.07. The van der Waals surface area contributed by atoms with E-state index in [-0.39, 0.29) is 17.7 Å². The van der Waals surface area contributed by atoms with Crippen molar-refractivity contribution in [1.82, 2.24) is 0 Å². The number of amides is 3. The second kappa shape index (κ2) is 8.31. The summed E-state index contributed by atoms with van der Waals surface area (Å²) in [5, 5.41) is 2.78. The summed E-state index contributed by atoms with van der Waals surface area (Å²) < 4.78 is 5.64. The van der Waals surface area contributed by atoms with Crippen LogP contribution in [0.4, 0.5) is 11.4 Å². The van der Waals surface area contributed by atoms with Crippen LogP contribution in [-0.4, -0.2) is 23.8 Å². The van der Waals surface area contributed by atoms with E-state index in [1.165, 1.54) is 0 Å². The molecule has 3 aromatic carbocycles. The van der Waals surface area contributed by atoms with Crippen LogP contribution < -0.4 is 10.2 Å². The first-order chi connectivity index (χ1) is 14.5. The van der Waals surface area contributed by atoms with Crippen molar-refractivity contribution >= 4 is 29.1 Å². The molecule has 0 radical (unpaired) electrons. The van der Waals surface area contributed by atoms with Gasteiger partial charge in [-0.2, -0.15) is 0 Å². The summed E-state index contributed by atoms with van der Waals surface area (Å²) >= 11 is 0. The molecule has 3 amide bonds. The molecule has 0 spiro atoms. The topological polar surface area (TPSA) is 75.7 Å². The summed E-state index contributed by atoms with van der Waals surface area (Å²) in [6, 6.07) is 22.9. The fourth-order valence-corrected chi connectivity index (χ4v) is 3.26. The second-order valence-electron chi connectivity index (χ2n) is 6.97. The predicted molar refractivity (Wildman–Crippen MR) is 113 cm³/mol. The quantitative estimate of drug-likeness (QED) is 0.634. The molecule has 1 N–H and O–H groups in total. The van der Waals surface area contributed by atoms with E-state index < -0.39 is 6.10 Å². The third-order valence-corrected chi connectivity index (χ3v) is 4.88. The number of carbonyl (C=O) groups is 3. The largest absolute Gasteiger partial charge is 0.364 e. The molecule has 150 valence electrons. The normalized spacial score (nSPS) is 13.8. The lowest BCUT2D eigenvalue weighted by molar-refractivity contribution is -0.127. The standard InChI is InChI=1S/C24H20N2O4/c1-16(30-15-17-8-3-2-4-9-17)22(27)25-18-10-7-11-19(14-18)26-23(28)20-12-5-6-13-21(20)24(26)29/h2-14,16H,15H2,1H3,(H,25,27). The minimum Gasteiger partial charge on any atom is -0.364 e. The Morgan fingerprint density at radius 3 is 2.20 bits per heavy atom. The van der Waals surface area contributed by atoms with Crippen LogP contribution in [0.25, 0.3) is 0 Å². The molecule has 0 aliphatic carbocycles. The summed E-state index contributed by atoms with van der Waals surface area (Å²) in [7, 11) is 0. The fraction of sp³-hybridized carbons (Fsp3) is 0.125. The Kier molecular flexibility index (Phi) is 5.41. The van der Waals surface area contributed by atoms with Gasteiger partial charge in [-0.3, -0.25) is 14.4 Å². The van der Waals surface area contributed by atoms with Gasteiger partial charge in [-0.05, 0) is 42.8 Å². The van der Waals surface area contributed by atoms with Crippen molar-refractivity contribution in [2.24, 2.45) is 0 Å². The number of carbonyl (C=O) groups excluding carboxylic acids is 3. The number of fused-ring (bicyclic) bond motifs is 1. The van der Waals surface area contributed by atoms with Crippen molar-refractivity contribution in [3.05, 3.63) is 95.6 Å². The SMILES string of the molecule is CC(OCc1ccccc1)C(=O)Nc1cccc(N2C(=O)c3ccccc3C2=O)c1. The van der Waals surface area contributed by atoms with Crippen molar-refractivity contribution in [1.29, 1.82) is 0 Å². The minimum atomic E-state index is -0.673. The maximum absolute atomic E-state index is 12.7. The molecule has 4 rings (SSSR count). The Hall–Kier alpha value is -3.77. The number of rotatable bonds is 6. The Bertz CT molecular complexity index is 1080. The summed E-state index contributed by atoms with van der Waals surface area (Å²) in [5.41, 5.74) is 2.60. The Balaban J connectivity index is 1.44. The number of ether oxygens (including phenoxy) is 1. The maximum atomic E-state index is 12.7. The van der Waals surface area contributed by atoms with E-state index in [9.17, 15) is 14.4 Å². The van der Waals surface area contributed by atoms with Crippen molar-refractivity contribution < 1.29 is 19.1 Å². The average molecular weight is 400 g/mol. The third-order valence-electron chi connectivity index (χ3n) is 4.88. The average Bonchev–Trinajstić information content (AvgIpc) is 3.03. The first kappa shape index (κ1) is 19.5. The van der Waals surface area contributed by atoms with E-state index in [0.717, 1.165) is 10.5 Å². The van der Waals surface area contributed by atoms with Crippen LogP contribution in [0.1, 0.15) is 33.2 Å². The van der Waals surface area contributed by atoms with Gasteiger partial charge >= 0.3 is 0 Å². The zero-order valence-corrected chi connectivity index (χ0v) is 16.4. The van der Waals surface area contributed by atoms with E-state index in [0.29, 0.717) is 29.1 Å². The highest BCUT2D eigenvalue weighted by molar-refractivity contribution is 6.34. The molecule has 0 saturated heterocycles. The summed E-state index contributed by atoms with van der Waals surface area (Å²) in [4.78, 5) is 38.9. The highest BCUT2D eigenvalue weighted by Gasteiger charge is 2.36. The highest BCUT2D eigenvalue weighted by atomic mass is 16.5. The van der Waals surface area contributed by atoms with Gasteiger partial charge in [0.15, 0.2) is 0 Å². The van der Waals surface area contributed by atoms with Crippen molar-refractivity contribution in [3.8, 4) is 0 Å². The molecule has 1 aliphatic heterocycles. The molecular formula is C24H20N2O4. The maximum Gasteiger partial charge on any atom is 0.266 e. The number of benzene rings is 3. The van der Waals surface area contributed by atoms with Gasteiger partial charge in [0.25, 0.3) is 17.7 Å². The molecule has 1 aliphatic rings. The van der Waals surface area contributed by atoms with Crippen molar-refractivity contribution in [2.75, 3.05) is 10.2 Å². The monoisotopic (exact) mass is 400 g/mol. The van der Waals surface area contributed by atoms with Gasteiger partial charge < -0.3 is 10.1 Å². The van der Waals surface area contributed by atoms with Gasteiger partial charge in [0.05, 0.1) is 23.4 Å². The molecular weight excluding hydrogens is 380 g/mol. The van der Waals surface area contributed by atoms with Crippen LogP contribution in [0, 0.1) is 0 Å². The minimum absolute atomic E-state index is 0.314. The molecule has 30 heavy (non-hydrogen) atoms. The van der Waals surface area contributed by atoms with Gasteiger partial charge in [0.1, 0.15) is 6.10 Å². The molecule has 1 heterocycles. The van der Waals surface area contributed by atoms with E-state index >= 15 is 0 Å². The summed E-state index contributed by atoms with van der Waals surface area (Å²) in [6.07, 6.45) is -0.673. The van der Waals surface area contributed by atoms with E-state index in [1.54, 1.807) is 55.5 Å². The number of hydrogen-bond acceptors (Lipinski definition) is 4. The van der Waals surface area contributed by atoms with Crippen LogP contribution in [0.3, 0.4) is 0 Å². The smallest absolute Gasteiger partial charge is 0.266 e. The van der Waals surface area contributed by atoms with Gasteiger partial charge in [-0.25, -0.2) is 4.90 Å². The molecule has 0 bridgehead atoms. The van der Waals surface area contributed by atoms with Crippen LogP contribution in [0.15, 0.2) is 78.9 Å². The second-order valence-corrected chi connectivity index (χ2v) is 6.97. The number of anilines is 2. The van der Waals surface area contributed by atoms with Gasteiger partial charge in [-0.15, -0.1) is 0 Å². The van der Waals surface area contributed by atoms with Crippen LogP contribution >= 0.6 is 0 Å². The zero-order chi connectivity index (χ0) is 21.1. The van der Waals surface area contributed by atoms with Crippen LogP contribution in [0.5, 0.6) is 0 Å².